The first-order valence-corrected chi connectivity index (χ1v) is 11.3. The van der Waals surface area contributed by atoms with Gasteiger partial charge in [-0.05, 0) is 86.3 Å². The smallest absolute Gasteiger partial charge is 0.291 e. The number of benzene rings is 3. The molecule has 4 rings (SSSR count). The van der Waals surface area contributed by atoms with Gasteiger partial charge in [-0.3, -0.25) is 14.9 Å². The summed E-state index contributed by atoms with van der Waals surface area (Å²) in [5, 5.41) is 14.1. The Morgan fingerprint density at radius 2 is 1.42 bits per heavy atom. The van der Waals surface area contributed by atoms with Gasteiger partial charge in [-0.15, -0.1) is 0 Å². The summed E-state index contributed by atoms with van der Waals surface area (Å²) < 4.78 is 17.3. The van der Waals surface area contributed by atoms with E-state index in [1.807, 2.05) is 58.0 Å². The minimum atomic E-state index is -0.550. The molecule has 0 aliphatic carbocycles. The SMILES string of the molecule is Cc1cc(C)cc(OCc2ccc(C(=O)Nc3cc(Oc4cc(C)cc(C)c4)cc([N+](=O)[O-])c3)o2)c1. The van der Waals surface area contributed by atoms with Crippen LogP contribution in [-0.2, 0) is 6.61 Å². The molecule has 0 fully saturated rings. The van der Waals surface area contributed by atoms with E-state index in [0.717, 1.165) is 22.3 Å². The van der Waals surface area contributed by atoms with Crippen LogP contribution in [0.2, 0.25) is 0 Å². The van der Waals surface area contributed by atoms with Crippen molar-refractivity contribution < 1.29 is 23.6 Å². The van der Waals surface area contributed by atoms with Crippen LogP contribution < -0.4 is 14.8 Å². The molecule has 1 aromatic heterocycles. The zero-order valence-corrected chi connectivity index (χ0v) is 20.5. The van der Waals surface area contributed by atoms with Crippen molar-refractivity contribution >= 4 is 17.3 Å². The van der Waals surface area contributed by atoms with Gasteiger partial charge in [0.25, 0.3) is 11.6 Å². The quantitative estimate of drug-likeness (QED) is 0.211. The van der Waals surface area contributed by atoms with Crippen LogP contribution in [0.15, 0.2) is 71.1 Å². The predicted octanol–water partition coefficient (Wildman–Crippen LogP) is 7.05. The molecular formula is C28H26N2O6. The molecule has 0 aliphatic heterocycles. The summed E-state index contributed by atoms with van der Waals surface area (Å²) in [5.41, 5.74) is 4.16. The van der Waals surface area contributed by atoms with Gasteiger partial charge in [0.2, 0.25) is 0 Å². The maximum atomic E-state index is 12.8. The van der Waals surface area contributed by atoms with Crippen LogP contribution in [0.4, 0.5) is 11.4 Å². The van der Waals surface area contributed by atoms with Crippen LogP contribution in [0.3, 0.4) is 0 Å². The van der Waals surface area contributed by atoms with Crippen molar-refractivity contribution in [3.63, 3.8) is 0 Å². The van der Waals surface area contributed by atoms with E-state index in [4.69, 9.17) is 13.9 Å². The van der Waals surface area contributed by atoms with Crippen LogP contribution in [0.25, 0.3) is 0 Å². The normalized spacial score (nSPS) is 10.7. The van der Waals surface area contributed by atoms with Crippen molar-refractivity contribution in [1.82, 2.24) is 0 Å². The summed E-state index contributed by atoms with van der Waals surface area (Å²) in [4.78, 5) is 23.7. The maximum absolute atomic E-state index is 12.8. The van der Waals surface area contributed by atoms with Gasteiger partial charge in [0.15, 0.2) is 5.76 Å². The number of nitro groups is 1. The average Bonchev–Trinajstić information content (AvgIpc) is 3.25. The molecule has 8 heteroatoms. The predicted molar refractivity (Wildman–Crippen MR) is 136 cm³/mol. The minimum absolute atomic E-state index is 0.0531. The fourth-order valence-electron chi connectivity index (χ4n) is 3.89. The third-order valence-electron chi connectivity index (χ3n) is 5.25. The number of furan rings is 1. The summed E-state index contributed by atoms with van der Waals surface area (Å²) in [5.74, 6) is 1.46. The number of aryl methyl sites for hydroxylation is 4. The Bertz CT molecular complexity index is 1400. The summed E-state index contributed by atoms with van der Waals surface area (Å²) in [7, 11) is 0. The molecule has 0 saturated heterocycles. The van der Waals surface area contributed by atoms with E-state index in [1.54, 1.807) is 6.07 Å². The summed E-state index contributed by atoms with van der Waals surface area (Å²) >= 11 is 0. The van der Waals surface area contributed by atoms with Gasteiger partial charge in [-0.2, -0.15) is 0 Å². The molecule has 36 heavy (non-hydrogen) atoms. The van der Waals surface area contributed by atoms with E-state index >= 15 is 0 Å². The van der Waals surface area contributed by atoms with Crippen molar-refractivity contribution in [2.75, 3.05) is 5.32 Å². The van der Waals surface area contributed by atoms with Crippen LogP contribution in [0, 0.1) is 37.8 Å². The third kappa shape index (κ3) is 6.29. The van der Waals surface area contributed by atoms with E-state index < -0.39 is 10.8 Å². The molecule has 0 spiro atoms. The second kappa shape index (κ2) is 10.4. The zero-order valence-electron chi connectivity index (χ0n) is 20.5. The number of nitro benzene ring substituents is 1. The van der Waals surface area contributed by atoms with Crippen molar-refractivity contribution in [2.45, 2.75) is 34.3 Å². The molecule has 8 nitrogen and oxygen atoms in total. The number of anilines is 1. The summed E-state index contributed by atoms with van der Waals surface area (Å²) in [6.45, 7) is 8.00. The number of carbonyl (C=O) groups is 1. The second-order valence-corrected chi connectivity index (χ2v) is 8.73. The molecule has 0 radical (unpaired) electrons. The van der Waals surface area contributed by atoms with Crippen LogP contribution in [0.1, 0.15) is 38.6 Å². The van der Waals surface area contributed by atoms with Crippen molar-refractivity contribution in [3.8, 4) is 17.2 Å². The van der Waals surface area contributed by atoms with Crippen molar-refractivity contribution in [1.29, 1.82) is 0 Å². The van der Waals surface area contributed by atoms with Gasteiger partial charge in [0, 0.05) is 12.1 Å². The van der Waals surface area contributed by atoms with E-state index in [2.05, 4.69) is 11.4 Å². The lowest BCUT2D eigenvalue weighted by Gasteiger charge is -2.10. The molecule has 0 unspecified atom stereocenters. The number of amides is 1. The number of ether oxygens (including phenoxy) is 2. The molecule has 0 aliphatic rings. The van der Waals surface area contributed by atoms with Crippen molar-refractivity contribution in [3.05, 3.63) is 111 Å². The average molecular weight is 487 g/mol. The lowest BCUT2D eigenvalue weighted by molar-refractivity contribution is -0.384. The Labute approximate surface area is 208 Å². The lowest BCUT2D eigenvalue weighted by atomic mass is 10.1. The first kappa shape index (κ1) is 24.5. The van der Waals surface area contributed by atoms with Gasteiger partial charge < -0.3 is 19.2 Å². The second-order valence-electron chi connectivity index (χ2n) is 8.73. The number of carbonyl (C=O) groups excluding carboxylic acids is 1. The fraction of sp³-hybridized carbons (Fsp3) is 0.179. The fourth-order valence-corrected chi connectivity index (χ4v) is 3.89. The molecule has 4 aromatic rings. The number of rotatable bonds is 8. The Morgan fingerprint density at radius 1 is 0.833 bits per heavy atom. The molecule has 184 valence electrons. The highest BCUT2D eigenvalue weighted by Crippen LogP contribution is 2.31. The molecule has 0 saturated carbocycles. The van der Waals surface area contributed by atoms with E-state index in [-0.39, 0.29) is 29.5 Å². The molecular weight excluding hydrogens is 460 g/mol. The standard InChI is InChI=1S/C28H26N2O6/c1-17-7-18(2)10-24(9-17)34-16-23-5-6-27(36-23)28(31)29-21-13-22(30(32)33)15-26(14-21)35-25-11-19(3)8-20(4)12-25/h5-15H,16H2,1-4H3,(H,29,31). The Morgan fingerprint density at radius 3 is 2.03 bits per heavy atom. The number of nitrogens with one attached hydrogen (secondary N) is 1. The number of hydrogen-bond acceptors (Lipinski definition) is 6. The molecule has 1 heterocycles. The Balaban J connectivity index is 1.47. The zero-order chi connectivity index (χ0) is 25.8. The molecule has 3 aromatic carbocycles. The highest BCUT2D eigenvalue weighted by molar-refractivity contribution is 6.02. The van der Waals surface area contributed by atoms with Gasteiger partial charge >= 0.3 is 0 Å². The highest BCUT2D eigenvalue weighted by Gasteiger charge is 2.16. The molecule has 0 bridgehead atoms. The summed E-state index contributed by atoms with van der Waals surface area (Å²) in [6.07, 6.45) is 0. The monoisotopic (exact) mass is 486 g/mol. The lowest BCUT2D eigenvalue weighted by Crippen LogP contribution is -2.11. The first-order chi connectivity index (χ1) is 17.1. The largest absolute Gasteiger partial charge is 0.486 e. The number of non-ortho nitro benzene ring substituents is 1. The molecule has 1 N–H and O–H groups in total. The van der Waals surface area contributed by atoms with Crippen molar-refractivity contribution in [2.24, 2.45) is 0 Å². The van der Waals surface area contributed by atoms with Crippen LogP contribution in [-0.4, -0.2) is 10.8 Å². The minimum Gasteiger partial charge on any atom is -0.486 e. The van der Waals surface area contributed by atoms with Crippen LogP contribution in [0.5, 0.6) is 17.2 Å². The van der Waals surface area contributed by atoms with Gasteiger partial charge in [0.1, 0.15) is 29.6 Å². The number of hydrogen-bond donors (Lipinski definition) is 1. The maximum Gasteiger partial charge on any atom is 0.291 e. The van der Waals surface area contributed by atoms with E-state index in [0.29, 0.717) is 17.3 Å². The van der Waals surface area contributed by atoms with E-state index in [1.165, 1.54) is 24.3 Å². The summed E-state index contributed by atoms with van der Waals surface area (Å²) in [6, 6.07) is 18.8. The van der Waals surface area contributed by atoms with Gasteiger partial charge in [-0.1, -0.05) is 12.1 Å². The molecule has 0 atom stereocenters. The first-order valence-electron chi connectivity index (χ1n) is 11.3. The van der Waals surface area contributed by atoms with Gasteiger partial charge in [0.05, 0.1) is 16.7 Å². The van der Waals surface area contributed by atoms with Crippen LogP contribution >= 0.6 is 0 Å². The third-order valence-corrected chi connectivity index (χ3v) is 5.25. The highest BCUT2D eigenvalue weighted by atomic mass is 16.6. The topological polar surface area (TPSA) is 104 Å². The Hall–Kier alpha value is -4.59. The van der Waals surface area contributed by atoms with E-state index in [9.17, 15) is 14.9 Å². The van der Waals surface area contributed by atoms with Gasteiger partial charge in [-0.25, -0.2) is 0 Å². The molecule has 1 amide bonds. The number of nitrogens with zero attached hydrogens (tertiary/aromatic N) is 1. The Kier molecular flexibility index (Phi) is 7.05.